The van der Waals surface area contributed by atoms with Crippen molar-refractivity contribution >= 4 is 29.9 Å². The summed E-state index contributed by atoms with van der Waals surface area (Å²) in [5, 5.41) is 15.2. The van der Waals surface area contributed by atoms with Crippen LogP contribution in [0.3, 0.4) is 0 Å². The number of aliphatic imine (C=N–C) groups is 1. The van der Waals surface area contributed by atoms with Crippen molar-refractivity contribution in [1.82, 2.24) is 10.6 Å². The van der Waals surface area contributed by atoms with Crippen molar-refractivity contribution in [3.05, 3.63) is 35.4 Å². The van der Waals surface area contributed by atoms with Crippen LogP contribution in [0.2, 0.25) is 0 Å². The first kappa shape index (κ1) is 21.7. The van der Waals surface area contributed by atoms with Crippen LogP contribution in [0, 0.1) is 17.2 Å². The first-order valence-corrected chi connectivity index (χ1v) is 7.67. The molecule has 128 valence electrons. The summed E-state index contributed by atoms with van der Waals surface area (Å²) in [6.07, 6.45) is 1.09. The molecule has 1 aromatic rings. The van der Waals surface area contributed by atoms with Gasteiger partial charge in [-0.15, -0.1) is 24.0 Å². The van der Waals surface area contributed by atoms with E-state index < -0.39 is 0 Å². The van der Waals surface area contributed by atoms with Crippen LogP contribution in [-0.4, -0.2) is 32.8 Å². The average molecular weight is 430 g/mol. The van der Waals surface area contributed by atoms with Crippen LogP contribution in [-0.2, 0) is 11.3 Å². The van der Waals surface area contributed by atoms with E-state index in [9.17, 15) is 0 Å². The van der Waals surface area contributed by atoms with Gasteiger partial charge in [0, 0.05) is 26.7 Å². The maximum absolute atomic E-state index is 8.77. The largest absolute Gasteiger partial charge is 0.380 e. The number of guanidine groups is 1. The standard InChI is InChI=1S/C17H26N4O.HI/c1-14(2)8-10-22-11-9-20-17(19-3)21-13-16-6-4-15(12-18)5-7-16;/h4-7,14H,8-11,13H2,1-3H3,(H2,19,20,21);1H. The molecule has 0 amide bonds. The molecular formula is C17H27IN4O. The number of benzene rings is 1. The Morgan fingerprint density at radius 2 is 1.91 bits per heavy atom. The van der Waals surface area contributed by atoms with Crippen molar-refractivity contribution in [2.24, 2.45) is 10.9 Å². The molecule has 0 saturated carbocycles. The molecular weight excluding hydrogens is 403 g/mol. The van der Waals surface area contributed by atoms with Crippen molar-refractivity contribution in [3.63, 3.8) is 0 Å². The van der Waals surface area contributed by atoms with E-state index in [4.69, 9.17) is 10.00 Å². The molecule has 0 unspecified atom stereocenters. The SMILES string of the molecule is CN=C(NCCOCCC(C)C)NCc1ccc(C#N)cc1.I. The third-order valence-electron chi connectivity index (χ3n) is 3.14. The van der Waals surface area contributed by atoms with Gasteiger partial charge >= 0.3 is 0 Å². The monoisotopic (exact) mass is 430 g/mol. The minimum absolute atomic E-state index is 0. The van der Waals surface area contributed by atoms with Crippen LogP contribution >= 0.6 is 24.0 Å². The van der Waals surface area contributed by atoms with Crippen LogP contribution in [0.4, 0.5) is 0 Å². The number of nitriles is 1. The molecule has 0 heterocycles. The number of ether oxygens (including phenoxy) is 1. The molecule has 0 spiro atoms. The highest BCUT2D eigenvalue weighted by Crippen LogP contribution is 2.02. The lowest BCUT2D eigenvalue weighted by atomic mass is 10.1. The molecule has 0 aliphatic rings. The van der Waals surface area contributed by atoms with E-state index in [1.54, 1.807) is 7.05 Å². The molecule has 0 aliphatic carbocycles. The van der Waals surface area contributed by atoms with Gasteiger partial charge in [-0.25, -0.2) is 0 Å². The summed E-state index contributed by atoms with van der Waals surface area (Å²) in [4.78, 5) is 4.17. The minimum Gasteiger partial charge on any atom is -0.380 e. The molecule has 23 heavy (non-hydrogen) atoms. The summed E-state index contributed by atoms with van der Waals surface area (Å²) in [5.41, 5.74) is 1.78. The van der Waals surface area contributed by atoms with Crippen molar-refractivity contribution in [2.45, 2.75) is 26.8 Å². The number of nitrogens with one attached hydrogen (secondary N) is 2. The smallest absolute Gasteiger partial charge is 0.191 e. The lowest BCUT2D eigenvalue weighted by molar-refractivity contribution is 0.128. The molecule has 2 N–H and O–H groups in total. The van der Waals surface area contributed by atoms with Gasteiger partial charge in [0.1, 0.15) is 0 Å². The van der Waals surface area contributed by atoms with Gasteiger partial charge < -0.3 is 15.4 Å². The quantitative estimate of drug-likeness (QED) is 0.288. The summed E-state index contributed by atoms with van der Waals surface area (Å²) >= 11 is 0. The predicted molar refractivity (Wildman–Crippen MR) is 105 cm³/mol. The zero-order chi connectivity index (χ0) is 16.2. The van der Waals surface area contributed by atoms with Gasteiger partial charge in [0.15, 0.2) is 5.96 Å². The lowest BCUT2D eigenvalue weighted by Crippen LogP contribution is -2.38. The summed E-state index contributed by atoms with van der Waals surface area (Å²) in [7, 11) is 1.74. The second-order valence-corrected chi connectivity index (χ2v) is 5.46. The summed E-state index contributed by atoms with van der Waals surface area (Å²) in [6, 6.07) is 9.62. The van der Waals surface area contributed by atoms with E-state index in [0.717, 1.165) is 31.1 Å². The van der Waals surface area contributed by atoms with Crippen molar-refractivity contribution < 1.29 is 4.74 Å². The fourth-order valence-corrected chi connectivity index (χ4v) is 1.77. The van der Waals surface area contributed by atoms with Crippen LogP contribution < -0.4 is 10.6 Å². The third-order valence-corrected chi connectivity index (χ3v) is 3.14. The Bertz CT molecular complexity index is 494. The Balaban J connectivity index is 0.00000484. The van der Waals surface area contributed by atoms with Crippen LogP contribution in [0.5, 0.6) is 0 Å². The first-order chi connectivity index (χ1) is 10.7. The van der Waals surface area contributed by atoms with E-state index in [1.165, 1.54) is 0 Å². The van der Waals surface area contributed by atoms with E-state index in [2.05, 4.69) is 35.5 Å². The maximum atomic E-state index is 8.77. The maximum Gasteiger partial charge on any atom is 0.191 e. The van der Waals surface area contributed by atoms with Gasteiger partial charge in [-0.05, 0) is 30.0 Å². The molecule has 0 saturated heterocycles. The van der Waals surface area contributed by atoms with Crippen LogP contribution in [0.25, 0.3) is 0 Å². The predicted octanol–water partition coefficient (Wildman–Crippen LogP) is 2.90. The highest BCUT2D eigenvalue weighted by molar-refractivity contribution is 14.0. The summed E-state index contributed by atoms with van der Waals surface area (Å²) in [6.45, 7) is 7.25. The van der Waals surface area contributed by atoms with Crippen molar-refractivity contribution in [3.8, 4) is 6.07 Å². The molecule has 0 aromatic heterocycles. The zero-order valence-corrected chi connectivity index (χ0v) is 16.5. The number of hydrogen-bond donors (Lipinski definition) is 2. The van der Waals surface area contributed by atoms with Crippen molar-refractivity contribution in [2.75, 3.05) is 26.8 Å². The van der Waals surface area contributed by atoms with Crippen LogP contribution in [0.15, 0.2) is 29.3 Å². The molecule has 0 aliphatic heterocycles. The normalized spacial score (nSPS) is 10.8. The molecule has 6 heteroatoms. The molecule has 0 fully saturated rings. The number of rotatable bonds is 8. The number of nitrogens with zero attached hydrogens (tertiary/aromatic N) is 2. The second-order valence-electron chi connectivity index (χ2n) is 5.46. The van der Waals surface area contributed by atoms with Gasteiger partial charge in [-0.1, -0.05) is 26.0 Å². The zero-order valence-electron chi connectivity index (χ0n) is 14.1. The summed E-state index contributed by atoms with van der Waals surface area (Å²) < 4.78 is 5.55. The number of hydrogen-bond acceptors (Lipinski definition) is 3. The highest BCUT2D eigenvalue weighted by atomic mass is 127. The van der Waals surface area contributed by atoms with E-state index >= 15 is 0 Å². The Morgan fingerprint density at radius 3 is 2.48 bits per heavy atom. The molecule has 1 rings (SSSR count). The lowest BCUT2D eigenvalue weighted by Gasteiger charge is -2.12. The molecule has 0 bridgehead atoms. The molecule has 0 atom stereocenters. The molecule has 5 nitrogen and oxygen atoms in total. The Kier molecular flexibility index (Phi) is 12.4. The highest BCUT2D eigenvalue weighted by Gasteiger charge is 1.99. The van der Waals surface area contributed by atoms with Crippen molar-refractivity contribution in [1.29, 1.82) is 5.26 Å². The van der Waals surface area contributed by atoms with E-state index in [1.807, 2.05) is 24.3 Å². The average Bonchev–Trinajstić information content (AvgIpc) is 2.53. The van der Waals surface area contributed by atoms with Gasteiger partial charge in [0.05, 0.1) is 18.2 Å². The topological polar surface area (TPSA) is 69.4 Å². The Hall–Kier alpha value is -1.33. The second kappa shape index (κ2) is 13.1. The van der Waals surface area contributed by atoms with Gasteiger partial charge in [0.25, 0.3) is 0 Å². The Labute approximate surface area is 156 Å². The molecule has 0 radical (unpaired) electrons. The van der Waals surface area contributed by atoms with Gasteiger partial charge in [-0.2, -0.15) is 5.26 Å². The minimum atomic E-state index is 0. The van der Waals surface area contributed by atoms with E-state index in [-0.39, 0.29) is 24.0 Å². The fourth-order valence-electron chi connectivity index (χ4n) is 1.77. The summed E-state index contributed by atoms with van der Waals surface area (Å²) in [5.74, 6) is 1.42. The van der Waals surface area contributed by atoms with Gasteiger partial charge in [0.2, 0.25) is 0 Å². The Morgan fingerprint density at radius 1 is 1.22 bits per heavy atom. The van der Waals surface area contributed by atoms with Crippen LogP contribution in [0.1, 0.15) is 31.4 Å². The third kappa shape index (κ3) is 10.1. The molecule has 1 aromatic carbocycles. The van der Waals surface area contributed by atoms with Gasteiger partial charge in [-0.3, -0.25) is 4.99 Å². The first-order valence-electron chi connectivity index (χ1n) is 7.67. The fraction of sp³-hybridized carbons (Fsp3) is 0.529. The number of halogens is 1. The van der Waals surface area contributed by atoms with E-state index in [0.29, 0.717) is 24.6 Å².